The summed E-state index contributed by atoms with van der Waals surface area (Å²) in [5.74, 6) is 0. The Balaban J connectivity index is 2.04. The Morgan fingerprint density at radius 1 is 1.47 bits per heavy atom. The van der Waals surface area contributed by atoms with Crippen LogP contribution >= 0.6 is 22.7 Å². The molecule has 2 aromatic heterocycles. The van der Waals surface area contributed by atoms with E-state index < -0.39 is 0 Å². The van der Waals surface area contributed by atoms with Gasteiger partial charge in [-0.2, -0.15) is 0 Å². The van der Waals surface area contributed by atoms with Crippen LogP contribution in [0.4, 0.5) is 0 Å². The second-order valence-electron chi connectivity index (χ2n) is 3.62. The summed E-state index contributed by atoms with van der Waals surface area (Å²) in [6.45, 7) is 2.04. The molecule has 4 heteroatoms. The van der Waals surface area contributed by atoms with Crippen molar-refractivity contribution in [2.24, 2.45) is 5.73 Å². The van der Waals surface area contributed by atoms with Crippen molar-refractivity contribution in [1.29, 1.82) is 0 Å². The second-order valence-corrected chi connectivity index (χ2v) is 5.51. The van der Waals surface area contributed by atoms with E-state index in [2.05, 4.69) is 27.9 Å². The Morgan fingerprint density at radius 3 is 3.00 bits per heavy atom. The zero-order valence-electron chi connectivity index (χ0n) is 8.64. The largest absolute Gasteiger partial charge is 0.328 e. The van der Waals surface area contributed by atoms with Crippen LogP contribution in [-0.2, 0) is 6.42 Å². The maximum absolute atomic E-state index is 5.72. The summed E-state index contributed by atoms with van der Waals surface area (Å²) in [7, 11) is 0. The lowest BCUT2D eigenvalue weighted by atomic mass is 10.2. The Kier molecular flexibility index (Phi) is 3.51. The predicted molar refractivity (Wildman–Crippen MR) is 67.4 cm³/mol. The van der Waals surface area contributed by atoms with E-state index in [1.54, 1.807) is 22.7 Å². The SMILES string of the molecule is CC(N)CCc1nc(-c2cccs2)cs1. The van der Waals surface area contributed by atoms with E-state index in [1.165, 1.54) is 9.88 Å². The number of hydrogen-bond acceptors (Lipinski definition) is 4. The molecule has 1 atom stereocenters. The van der Waals surface area contributed by atoms with E-state index in [4.69, 9.17) is 5.73 Å². The van der Waals surface area contributed by atoms with E-state index in [0.29, 0.717) is 0 Å². The van der Waals surface area contributed by atoms with Crippen molar-refractivity contribution in [2.75, 3.05) is 0 Å². The van der Waals surface area contributed by atoms with Gasteiger partial charge < -0.3 is 5.73 Å². The fourth-order valence-electron chi connectivity index (χ4n) is 1.31. The van der Waals surface area contributed by atoms with Gasteiger partial charge in [0, 0.05) is 17.8 Å². The van der Waals surface area contributed by atoms with Crippen LogP contribution in [0.3, 0.4) is 0 Å². The molecule has 0 radical (unpaired) electrons. The molecular formula is C11H14N2S2. The summed E-state index contributed by atoms with van der Waals surface area (Å²) in [6.07, 6.45) is 2.01. The number of hydrogen-bond donors (Lipinski definition) is 1. The van der Waals surface area contributed by atoms with E-state index >= 15 is 0 Å². The van der Waals surface area contributed by atoms with Gasteiger partial charge in [0.25, 0.3) is 0 Å². The summed E-state index contributed by atoms with van der Waals surface area (Å²) >= 11 is 3.46. The highest BCUT2D eigenvalue weighted by molar-refractivity contribution is 7.14. The molecule has 15 heavy (non-hydrogen) atoms. The van der Waals surface area contributed by atoms with Gasteiger partial charge in [-0.3, -0.25) is 0 Å². The van der Waals surface area contributed by atoms with Crippen LogP contribution in [0, 0.1) is 0 Å². The molecule has 2 aromatic rings. The fraction of sp³-hybridized carbons (Fsp3) is 0.364. The highest BCUT2D eigenvalue weighted by Gasteiger charge is 2.05. The maximum Gasteiger partial charge on any atom is 0.0933 e. The van der Waals surface area contributed by atoms with E-state index in [9.17, 15) is 0 Å². The van der Waals surface area contributed by atoms with Gasteiger partial charge in [0.1, 0.15) is 0 Å². The average molecular weight is 238 g/mol. The van der Waals surface area contributed by atoms with Crippen molar-refractivity contribution >= 4 is 22.7 Å². The van der Waals surface area contributed by atoms with Gasteiger partial charge in [-0.15, -0.1) is 22.7 Å². The normalized spacial score (nSPS) is 12.9. The highest BCUT2D eigenvalue weighted by atomic mass is 32.1. The lowest BCUT2D eigenvalue weighted by molar-refractivity contribution is 0.664. The van der Waals surface area contributed by atoms with Gasteiger partial charge in [-0.05, 0) is 24.8 Å². The van der Waals surface area contributed by atoms with Crippen LogP contribution in [0.25, 0.3) is 10.6 Å². The number of thiazole rings is 1. The predicted octanol–water partition coefficient (Wildman–Crippen LogP) is 3.15. The molecule has 0 aliphatic heterocycles. The second kappa shape index (κ2) is 4.88. The lowest BCUT2D eigenvalue weighted by Gasteiger charge is -2.00. The molecule has 0 spiro atoms. The monoisotopic (exact) mass is 238 g/mol. The summed E-state index contributed by atoms with van der Waals surface area (Å²) in [6, 6.07) is 4.43. The molecule has 0 fully saturated rings. The van der Waals surface area contributed by atoms with Crippen molar-refractivity contribution in [3.8, 4) is 10.6 Å². The molecule has 0 saturated carbocycles. The van der Waals surface area contributed by atoms with Crippen LogP contribution < -0.4 is 5.73 Å². The third-order valence-corrected chi connectivity index (χ3v) is 3.94. The molecule has 2 rings (SSSR count). The van der Waals surface area contributed by atoms with Crippen LogP contribution in [0.5, 0.6) is 0 Å². The molecule has 0 bridgehead atoms. The Bertz CT molecular complexity index is 404. The van der Waals surface area contributed by atoms with E-state index in [-0.39, 0.29) is 6.04 Å². The topological polar surface area (TPSA) is 38.9 Å². The Morgan fingerprint density at radius 2 is 2.33 bits per heavy atom. The van der Waals surface area contributed by atoms with Crippen molar-refractivity contribution in [1.82, 2.24) is 4.98 Å². The molecule has 2 heterocycles. The first-order valence-electron chi connectivity index (χ1n) is 4.99. The van der Waals surface area contributed by atoms with Crippen molar-refractivity contribution in [3.05, 3.63) is 27.9 Å². The quantitative estimate of drug-likeness (QED) is 0.888. The number of aromatic nitrogens is 1. The first-order valence-corrected chi connectivity index (χ1v) is 6.75. The van der Waals surface area contributed by atoms with Crippen molar-refractivity contribution in [2.45, 2.75) is 25.8 Å². The van der Waals surface area contributed by atoms with Gasteiger partial charge in [0.05, 0.1) is 15.6 Å². The number of rotatable bonds is 4. The highest BCUT2D eigenvalue weighted by Crippen LogP contribution is 2.26. The van der Waals surface area contributed by atoms with Crippen LogP contribution in [0.1, 0.15) is 18.4 Å². The number of nitrogens with zero attached hydrogens (tertiary/aromatic N) is 1. The van der Waals surface area contributed by atoms with Gasteiger partial charge in [-0.25, -0.2) is 4.98 Å². The van der Waals surface area contributed by atoms with Crippen LogP contribution in [0.15, 0.2) is 22.9 Å². The number of nitrogens with two attached hydrogens (primary N) is 1. The lowest BCUT2D eigenvalue weighted by Crippen LogP contribution is -2.15. The van der Waals surface area contributed by atoms with Gasteiger partial charge >= 0.3 is 0 Å². The third-order valence-electron chi connectivity index (χ3n) is 2.14. The summed E-state index contributed by atoms with van der Waals surface area (Å²) < 4.78 is 0. The van der Waals surface area contributed by atoms with Crippen molar-refractivity contribution < 1.29 is 0 Å². The summed E-state index contributed by atoms with van der Waals surface area (Å²) in [5.41, 5.74) is 6.83. The number of aryl methyl sites for hydroxylation is 1. The number of thiophene rings is 1. The smallest absolute Gasteiger partial charge is 0.0933 e. The summed E-state index contributed by atoms with van der Waals surface area (Å²) in [5, 5.41) is 5.40. The zero-order valence-corrected chi connectivity index (χ0v) is 10.3. The van der Waals surface area contributed by atoms with Gasteiger partial charge in [0.15, 0.2) is 0 Å². The van der Waals surface area contributed by atoms with E-state index in [0.717, 1.165) is 18.5 Å². The van der Waals surface area contributed by atoms with Gasteiger partial charge in [0.2, 0.25) is 0 Å². The Labute approximate surface area is 97.8 Å². The molecule has 0 aliphatic rings. The minimum atomic E-state index is 0.263. The molecule has 80 valence electrons. The molecule has 0 aliphatic carbocycles. The first-order chi connectivity index (χ1) is 7.25. The molecule has 0 aromatic carbocycles. The van der Waals surface area contributed by atoms with Crippen molar-refractivity contribution in [3.63, 3.8) is 0 Å². The minimum absolute atomic E-state index is 0.263. The van der Waals surface area contributed by atoms with Crippen LogP contribution in [-0.4, -0.2) is 11.0 Å². The third kappa shape index (κ3) is 2.87. The minimum Gasteiger partial charge on any atom is -0.328 e. The maximum atomic E-state index is 5.72. The molecular weight excluding hydrogens is 224 g/mol. The molecule has 1 unspecified atom stereocenters. The Hall–Kier alpha value is -0.710. The summed E-state index contributed by atoms with van der Waals surface area (Å²) in [4.78, 5) is 5.85. The molecule has 2 N–H and O–H groups in total. The molecule has 2 nitrogen and oxygen atoms in total. The molecule has 0 amide bonds. The average Bonchev–Trinajstić information content (AvgIpc) is 2.85. The zero-order chi connectivity index (χ0) is 10.7. The molecule has 0 saturated heterocycles. The standard InChI is InChI=1S/C11H14N2S2/c1-8(12)4-5-11-13-9(7-15-11)10-3-2-6-14-10/h2-3,6-8H,4-5,12H2,1H3. The fourth-order valence-corrected chi connectivity index (χ4v) is 2.89. The first kappa shape index (κ1) is 10.8. The van der Waals surface area contributed by atoms with Gasteiger partial charge in [-0.1, -0.05) is 6.07 Å². The van der Waals surface area contributed by atoms with Crippen LogP contribution in [0.2, 0.25) is 0 Å². The van der Waals surface area contributed by atoms with E-state index in [1.807, 2.05) is 6.92 Å².